The number of imidazole rings is 1. The predicted molar refractivity (Wildman–Crippen MR) is 136 cm³/mol. The monoisotopic (exact) mass is 521 g/mol. The molecular formula is C24H32ClN5O4S. The molecule has 1 aromatic carbocycles. The van der Waals surface area contributed by atoms with Gasteiger partial charge in [0.2, 0.25) is 15.9 Å². The summed E-state index contributed by atoms with van der Waals surface area (Å²) in [6.45, 7) is 5.46. The minimum absolute atomic E-state index is 0.00103. The first-order valence-corrected chi connectivity index (χ1v) is 13.8. The second-order valence-corrected chi connectivity index (χ2v) is 11.6. The number of aromatic nitrogens is 2. The van der Waals surface area contributed by atoms with Gasteiger partial charge < -0.3 is 14.2 Å². The summed E-state index contributed by atoms with van der Waals surface area (Å²) in [5, 5.41) is 0.654. The molecule has 1 fully saturated rings. The Hall–Kier alpha value is -2.40. The lowest BCUT2D eigenvalue weighted by atomic mass is 10.0. The van der Waals surface area contributed by atoms with E-state index in [2.05, 4.69) is 4.90 Å². The number of hydrogen-bond donors (Lipinski definition) is 0. The molecule has 0 bridgehead atoms. The second-order valence-electron chi connectivity index (χ2n) is 9.18. The molecule has 0 aliphatic carbocycles. The van der Waals surface area contributed by atoms with Crippen molar-refractivity contribution < 1.29 is 17.9 Å². The molecule has 0 saturated carbocycles. The van der Waals surface area contributed by atoms with Crippen LogP contribution in [0.15, 0.2) is 30.0 Å². The minimum Gasteiger partial charge on any atom is -0.375 e. The molecular weight excluding hydrogens is 490 g/mol. The fourth-order valence-electron chi connectivity index (χ4n) is 4.61. The lowest BCUT2D eigenvalue weighted by molar-refractivity contribution is -0.136. The summed E-state index contributed by atoms with van der Waals surface area (Å²) in [4.78, 5) is 21.3. The molecule has 0 radical (unpaired) electrons. The molecule has 2 aliphatic rings. The lowest BCUT2D eigenvalue weighted by Gasteiger charge is -2.35. The Labute approximate surface area is 212 Å². The van der Waals surface area contributed by atoms with Crippen LogP contribution >= 0.6 is 11.6 Å². The van der Waals surface area contributed by atoms with Crippen molar-refractivity contribution >= 4 is 33.7 Å². The van der Waals surface area contributed by atoms with Crippen LogP contribution in [0.5, 0.6) is 0 Å². The highest BCUT2D eigenvalue weighted by molar-refractivity contribution is 7.88. The molecule has 3 heterocycles. The number of nitrogens with zero attached hydrogens (tertiary/aromatic N) is 5. The molecule has 0 spiro atoms. The Morgan fingerprint density at radius 1 is 1.20 bits per heavy atom. The first-order valence-electron chi connectivity index (χ1n) is 11.6. The number of allylic oxidation sites excluding steroid dienone is 1. The highest BCUT2D eigenvalue weighted by Crippen LogP contribution is 2.34. The lowest BCUT2D eigenvalue weighted by Crippen LogP contribution is -2.49. The molecule has 1 saturated heterocycles. The van der Waals surface area contributed by atoms with Crippen LogP contribution in [0.4, 0.5) is 0 Å². The standard InChI is InChI=1S/C24H32ClN5O4S/c1-17-13-22-26-24(18-5-7-19(25)8-6-18)21(30(22)15-20(17)27(2)35(4,32)33)14-28-9-11-29(12-10-28)23(31)16-34-3/h5-8,15,17H,9-14,16H2,1-4H3. The van der Waals surface area contributed by atoms with Crippen LogP contribution in [0.1, 0.15) is 18.4 Å². The van der Waals surface area contributed by atoms with Crippen molar-refractivity contribution in [1.29, 1.82) is 0 Å². The number of methoxy groups -OCH3 is 1. The van der Waals surface area contributed by atoms with Crippen molar-refractivity contribution in [2.24, 2.45) is 5.92 Å². The highest BCUT2D eigenvalue weighted by Gasteiger charge is 2.30. The van der Waals surface area contributed by atoms with Crippen LogP contribution in [0.25, 0.3) is 17.5 Å². The van der Waals surface area contributed by atoms with Gasteiger partial charge in [0.15, 0.2) is 0 Å². The normalized spacial score (nSPS) is 18.8. The van der Waals surface area contributed by atoms with Crippen molar-refractivity contribution in [1.82, 2.24) is 23.7 Å². The number of ether oxygens (including phenoxy) is 1. The predicted octanol–water partition coefficient (Wildman–Crippen LogP) is 2.38. The van der Waals surface area contributed by atoms with Gasteiger partial charge in [-0.3, -0.25) is 14.0 Å². The number of halogens is 1. The number of benzene rings is 1. The smallest absolute Gasteiger partial charge is 0.248 e. The van der Waals surface area contributed by atoms with Crippen LogP contribution in [0, 0.1) is 5.92 Å². The van der Waals surface area contributed by atoms with Gasteiger partial charge in [0, 0.05) is 81.7 Å². The fraction of sp³-hybridized carbons (Fsp3) is 0.500. The van der Waals surface area contributed by atoms with Crippen molar-refractivity contribution in [3.05, 3.63) is 46.5 Å². The van der Waals surface area contributed by atoms with Gasteiger partial charge in [-0.15, -0.1) is 0 Å². The van der Waals surface area contributed by atoms with Crippen LogP contribution in [0.2, 0.25) is 5.02 Å². The van der Waals surface area contributed by atoms with E-state index >= 15 is 0 Å². The summed E-state index contributed by atoms with van der Waals surface area (Å²) >= 11 is 6.13. The van der Waals surface area contributed by atoms with E-state index in [0.29, 0.717) is 31.1 Å². The van der Waals surface area contributed by atoms with Crippen molar-refractivity contribution in [3.63, 3.8) is 0 Å². The molecule has 190 valence electrons. The zero-order chi connectivity index (χ0) is 25.3. The van der Waals surface area contributed by atoms with E-state index in [0.717, 1.165) is 41.6 Å². The van der Waals surface area contributed by atoms with Gasteiger partial charge in [0.1, 0.15) is 12.4 Å². The maximum Gasteiger partial charge on any atom is 0.248 e. The number of carbonyl (C=O) groups excluding carboxylic acids is 1. The SMILES string of the molecule is COCC(=O)N1CCN(Cc2c(-c3ccc(Cl)cc3)nc3n2C=C(N(C)S(C)(=O)=O)C(C)C3)CC1. The van der Waals surface area contributed by atoms with Gasteiger partial charge in [-0.05, 0) is 12.1 Å². The Bertz CT molecular complexity index is 1220. The van der Waals surface area contributed by atoms with E-state index < -0.39 is 10.0 Å². The number of carbonyl (C=O) groups is 1. The zero-order valence-corrected chi connectivity index (χ0v) is 22.1. The maximum absolute atomic E-state index is 12.3. The molecule has 4 rings (SSSR count). The third kappa shape index (κ3) is 5.55. The van der Waals surface area contributed by atoms with Crippen LogP contribution in [0.3, 0.4) is 0 Å². The molecule has 2 aromatic rings. The van der Waals surface area contributed by atoms with Crippen molar-refractivity contribution in [2.75, 3.05) is 53.2 Å². The average molecular weight is 522 g/mol. The Balaban J connectivity index is 1.69. The van der Waals surface area contributed by atoms with Gasteiger partial charge in [-0.25, -0.2) is 13.4 Å². The van der Waals surface area contributed by atoms with Crippen molar-refractivity contribution in [2.45, 2.75) is 19.9 Å². The summed E-state index contributed by atoms with van der Waals surface area (Å²) in [7, 11) is -0.269. The summed E-state index contributed by atoms with van der Waals surface area (Å²) in [6.07, 6.45) is 3.75. The Morgan fingerprint density at radius 2 is 1.86 bits per heavy atom. The highest BCUT2D eigenvalue weighted by atomic mass is 35.5. The molecule has 0 N–H and O–H groups in total. The van der Waals surface area contributed by atoms with Gasteiger partial charge in [0.05, 0.1) is 17.6 Å². The van der Waals surface area contributed by atoms with Crippen molar-refractivity contribution in [3.8, 4) is 11.3 Å². The van der Waals surface area contributed by atoms with E-state index in [-0.39, 0.29) is 18.4 Å². The van der Waals surface area contributed by atoms with Crippen LogP contribution in [-0.4, -0.2) is 91.2 Å². The topological polar surface area (TPSA) is 88.0 Å². The third-order valence-electron chi connectivity index (χ3n) is 6.68. The number of amides is 1. The molecule has 35 heavy (non-hydrogen) atoms. The molecule has 1 atom stereocenters. The van der Waals surface area contributed by atoms with Gasteiger partial charge in [0.25, 0.3) is 0 Å². The number of sulfonamides is 1. The second kappa shape index (κ2) is 10.3. The average Bonchev–Trinajstić information content (AvgIpc) is 3.15. The molecule has 2 aliphatic heterocycles. The molecule has 9 nitrogen and oxygen atoms in total. The fourth-order valence-corrected chi connectivity index (χ4v) is 5.34. The summed E-state index contributed by atoms with van der Waals surface area (Å²) < 4.78 is 32.9. The zero-order valence-electron chi connectivity index (χ0n) is 20.6. The molecule has 11 heteroatoms. The van der Waals surface area contributed by atoms with E-state index in [1.54, 1.807) is 7.05 Å². The van der Waals surface area contributed by atoms with E-state index in [9.17, 15) is 13.2 Å². The summed E-state index contributed by atoms with van der Waals surface area (Å²) in [6, 6.07) is 7.61. The Kier molecular flexibility index (Phi) is 7.56. The minimum atomic E-state index is -3.39. The third-order valence-corrected chi connectivity index (χ3v) is 8.14. The van der Waals surface area contributed by atoms with Gasteiger partial charge in [-0.2, -0.15) is 0 Å². The van der Waals surface area contributed by atoms with Gasteiger partial charge >= 0.3 is 0 Å². The quantitative estimate of drug-likeness (QED) is 0.556. The molecule has 1 unspecified atom stereocenters. The first kappa shape index (κ1) is 25.7. The van der Waals surface area contributed by atoms with Crippen LogP contribution in [-0.2, 0) is 32.5 Å². The first-order chi connectivity index (χ1) is 16.6. The van der Waals surface area contributed by atoms with Gasteiger partial charge in [-0.1, -0.05) is 30.7 Å². The van der Waals surface area contributed by atoms with E-state index in [1.807, 2.05) is 46.9 Å². The number of piperazine rings is 1. The molecule has 1 aromatic heterocycles. The largest absolute Gasteiger partial charge is 0.375 e. The number of hydrogen-bond acceptors (Lipinski definition) is 6. The molecule has 1 amide bonds. The number of fused-ring (bicyclic) bond motifs is 1. The Morgan fingerprint density at radius 3 is 2.46 bits per heavy atom. The number of rotatable bonds is 7. The summed E-state index contributed by atoms with van der Waals surface area (Å²) in [5.41, 5.74) is 3.54. The van der Waals surface area contributed by atoms with E-state index in [1.165, 1.54) is 17.7 Å². The van der Waals surface area contributed by atoms with E-state index in [4.69, 9.17) is 21.3 Å². The summed E-state index contributed by atoms with van der Waals surface area (Å²) in [5.74, 6) is 0.906. The van der Waals surface area contributed by atoms with Crippen LogP contribution < -0.4 is 0 Å². The maximum atomic E-state index is 12.3.